The summed E-state index contributed by atoms with van der Waals surface area (Å²) in [5.41, 5.74) is 2.25. The van der Waals surface area contributed by atoms with Gasteiger partial charge in [0, 0.05) is 11.1 Å². The lowest BCUT2D eigenvalue weighted by molar-refractivity contribution is -0.112. The number of carbonyl (C=O) groups excluding carboxylic acids is 2. The Morgan fingerprint density at radius 2 is 1.76 bits per heavy atom. The van der Waals surface area contributed by atoms with E-state index >= 15 is 0 Å². The number of rotatable bonds is 2. The van der Waals surface area contributed by atoms with E-state index in [0.29, 0.717) is 28.3 Å². The van der Waals surface area contributed by atoms with Crippen molar-refractivity contribution in [2.24, 2.45) is 0 Å². The SMILES string of the molecule is COC(=O)N1C(=O)C(=C(C)C)c2ccc(OC)c(OC)c21. The number of carbonyl (C=O) groups is 2. The van der Waals surface area contributed by atoms with Gasteiger partial charge in [-0.1, -0.05) is 5.57 Å². The van der Waals surface area contributed by atoms with Gasteiger partial charge in [-0.05, 0) is 26.0 Å². The zero-order valence-corrected chi connectivity index (χ0v) is 12.6. The summed E-state index contributed by atoms with van der Waals surface area (Å²) in [5.74, 6) is 0.335. The Balaban J connectivity index is 2.82. The van der Waals surface area contributed by atoms with Crippen LogP contribution < -0.4 is 14.4 Å². The van der Waals surface area contributed by atoms with Crippen LogP contribution >= 0.6 is 0 Å². The number of anilines is 1. The number of imide groups is 1. The van der Waals surface area contributed by atoms with Crippen LogP contribution in [0.15, 0.2) is 17.7 Å². The molecule has 0 aliphatic carbocycles. The molecule has 1 heterocycles. The summed E-state index contributed by atoms with van der Waals surface area (Å²) in [5, 5.41) is 0. The number of nitrogens with zero attached hydrogens (tertiary/aromatic N) is 1. The van der Waals surface area contributed by atoms with Gasteiger partial charge in [0.2, 0.25) is 0 Å². The summed E-state index contributed by atoms with van der Waals surface area (Å²) in [6.07, 6.45) is -0.760. The molecule has 6 nitrogen and oxygen atoms in total. The molecule has 0 unspecified atom stereocenters. The van der Waals surface area contributed by atoms with E-state index in [-0.39, 0.29) is 0 Å². The number of amides is 2. The number of hydrogen-bond acceptors (Lipinski definition) is 5. The molecule has 6 heteroatoms. The number of hydrogen-bond donors (Lipinski definition) is 0. The minimum absolute atomic E-state index is 0.324. The molecule has 2 amide bonds. The van der Waals surface area contributed by atoms with Crippen LogP contribution in [0.2, 0.25) is 0 Å². The smallest absolute Gasteiger partial charge is 0.421 e. The minimum Gasteiger partial charge on any atom is -0.493 e. The number of fused-ring (bicyclic) bond motifs is 1. The van der Waals surface area contributed by atoms with E-state index in [4.69, 9.17) is 14.2 Å². The minimum atomic E-state index is -0.760. The van der Waals surface area contributed by atoms with Gasteiger partial charge < -0.3 is 14.2 Å². The highest BCUT2D eigenvalue weighted by Crippen LogP contribution is 2.48. The van der Waals surface area contributed by atoms with Gasteiger partial charge in [-0.2, -0.15) is 0 Å². The summed E-state index contributed by atoms with van der Waals surface area (Å²) in [4.78, 5) is 25.5. The van der Waals surface area contributed by atoms with Gasteiger partial charge in [0.25, 0.3) is 5.91 Å². The molecular weight excluding hydrogens is 274 g/mol. The van der Waals surface area contributed by atoms with Crippen LogP contribution in [-0.4, -0.2) is 33.3 Å². The first-order chi connectivity index (χ1) is 9.97. The van der Waals surface area contributed by atoms with E-state index in [1.807, 2.05) is 13.8 Å². The summed E-state index contributed by atoms with van der Waals surface area (Å²) in [6.45, 7) is 3.63. The fraction of sp³-hybridized carbons (Fsp3) is 0.333. The highest BCUT2D eigenvalue weighted by Gasteiger charge is 2.41. The van der Waals surface area contributed by atoms with Crippen molar-refractivity contribution in [1.82, 2.24) is 0 Å². The zero-order chi connectivity index (χ0) is 15.7. The van der Waals surface area contributed by atoms with Crippen molar-refractivity contribution in [2.45, 2.75) is 13.8 Å². The Hall–Kier alpha value is -2.50. The van der Waals surface area contributed by atoms with Crippen molar-refractivity contribution in [3.63, 3.8) is 0 Å². The van der Waals surface area contributed by atoms with Gasteiger partial charge in [0.1, 0.15) is 5.69 Å². The monoisotopic (exact) mass is 291 g/mol. The van der Waals surface area contributed by atoms with E-state index < -0.39 is 12.0 Å². The predicted molar refractivity (Wildman–Crippen MR) is 77.7 cm³/mol. The molecule has 1 aliphatic rings. The van der Waals surface area contributed by atoms with Crippen molar-refractivity contribution in [3.8, 4) is 11.5 Å². The maximum atomic E-state index is 12.5. The van der Waals surface area contributed by atoms with Crippen molar-refractivity contribution in [1.29, 1.82) is 0 Å². The average molecular weight is 291 g/mol. The maximum absolute atomic E-state index is 12.5. The Labute approximate surface area is 122 Å². The van der Waals surface area contributed by atoms with Crippen molar-refractivity contribution >= 4 is 23.3 Å². The van der Waals surface area contributed by atoms with Gasteiger partial charge in [0.05, 0.1) is 21.3 Å². The topological polar surface area (TPSA) is 65.1 Å². The quantitative estimate of drug-likeness (QED) is 0.784. The van der Waals surface area contributed by atoms with E-state index in [1.54, 1.807) is 12.1 Å². The van der Waals surface area contributed by atoms with Crippen LogP contribution in [0.5, 0.6) is 11.5 Å². The number of allylic oxidation sites excluding steroid dienone is 1. The summed E-state index contributed by atoms with van der Waals surface area (Å²) < 4.78 is 15.3. The lowest BCUT2D eigenvalue weighted by Gasteiger charge is -2.17. The van der Waals surface area contributed by atoms with Crippen molar-refractivity contribution in [2.75, 3.05) is 26.2 Å². The Morgan fingerprint density at radius 1 is 1.10 bits per heavy atom. The Morgan fingerprint density at radius 3 is 2.24 bits per heavy atom. The summed E-state index contributed by atoms with van der Waals surface area (Å²) in [6, 6.07) is 3.44. The van der Waals surface area contributed by atoms with Gasteiger partial charge in [0.15, 0.2) is 11.5 Å². The molecule has 0 spiro atoms. The molecular formula is C15H17NO5. The third kappa shape index (κ3) is 2.12. The Bertz CT molecular complexity index is 644. The van der Waals surface area contributed by atoms with Crippen LogP contribution in [0.1, 0.15) is 19.4 Å². The number of methoxy groups -OCH3 is 3. The fourth-order valence-corrected chi connectivity index (χ4v) is 2.41. The summed E-state index contributed by atoms with van der Waals surface area (Å²) in [7, 11) is 4.17. The number of ether oxygens (including phenoxy) is 3. The third-order valence-electron chi connectivity index (χ3n) is 3.29. The van der Waals surface area contributed by atoms with Crippen LogP contribution in [0.3, 0.4) is 0 Å². The molecule has 112 valence electrons. The second-order valence-corrected chi connectivity index (χ2v) is 4.68. The lowest BCUT2D eigenvalue weighted by Crippen LogP contribution is -2.33. The van der Waals surface area contributed by atoms with E-state index in [0.717, 1.165) is 10.5 Å². The molecule has 1 aromatic carbocycles. The van der Waals surface area contributed by atoms with Crippen LogP contribution in [-0.2, 0) is 9.53 Å². The van der Waals surface area contributed by atoms with Crippen LogP contribution in [0.4, 0.5) is 10.5 Å². The van der Waals surface area contributed by atoms with Gasteiger partial charge in [-0.3, -0.25) is 4.79 Å². The van der Waals surface area contributed by atoms with E-state index in [9.17, 15) is 9.59 Å². The molecule has 0 atom stereocenters. The first-order valence-corrected chi connectivity index (χ1v) is 6.33. The second-order valence-electron chi connectivity index (χ2n) is 4.68. The molecule has 0 saturated heterocycles. The average Bonchev–Trinajstić information content (AvgIpc) is 2.77. The number of benzene rings is 1. The largest absolute Gasteiger partial charge is 0.493 e. The fourth-order valence-electron chi connectivity index (χ4n) is 2.41. The third-order valence-corrected chi connectivity index (χ3v) is 3.29. The first-order valence-electron chi connectivity index (χ1n) is 6.33. The van der Waals surface area contributed by atoms with E-state index in [2.05, 4.69) is 0 Å². The predicted octanol–water partition coefficient (Wildman–Crippen LogP) is 2.61. The summed E-state index contributed by atoms with van der Waals surface area (Å²) >= 11 is 0. The van der Waals surface area contributed by atoms with Crippen LogP contribution in [0, 0.1) is 0 Å². The lowest BCUT2D eigenvalue weighted by atomic mass is 10.0. The van der Waals surface area contributed by atoms with Gasteiger partial charge >= 0.3 is 6.09 Å². The van der Waals surface area contributed by atoms with Crippen LogP contribution in [0.25, 0.3) is 5.57 Å². The molecule has 0 aromatic heterocycles. The first kappa shape index (κ1) is 14.9. The highest BCUT2D eigenvalue weighted by atomic mass is 16.5. The second kappa shape index (κ2) is 5.47. The zero-order valence-electron chi connectivity index (χ0n) is 12.6. The molecule has 0 bridgehead atoms. The normalized spacial score (nSPS) is 13.1. The molecule has 21 heavy (non-hydrogen) atoms. The van der Waals surface area contributed by atoms with Gasteiger partial charge in [-0.25, -0.2) is 9.69 Å². The highest BCUT2D eigenvalue weighted by molar-refractivity contribution is 6.40. The molecule has 0 radical (unpaired) electrons. The molecule has 1 aliphatic heterocycles. The van der Waals surface area contributed by atoms with E-state index in [1.165, 1.54) is 21.3 Å². The van der Waals surface area contributed by atoms with Crippen molar-refractivity contribution < 1.29 is 23.8 Å². The standard InChI is InChI=1S/C15H17NO5/c1-8(2)11-9-6-7-10(19-3)13(20-4)12(9)16(14(11)17)15(18)21-5/h6-7H,1-5H3. The molecule has 0 N–H and O–H groups in total. The molecule has 0 fully saturated rings. The maximum Gasteiger partial charge on any atom is 0.421 e. The molecule has 1 aromatic rings. The van der Waals surface area contributed by atoms with Gasteiger partial charge in [-0.15, -0.1) is 0 Å². The molecule has 0 saturated carbocycles. The Kier molecular flexibility index (Phi) is 3.88. The van der Waals surface area contributed by atoms with Crippen molar-refractivity contribution in [3.05, 3.63) is 23.3 Å². The molecule has 2 rings (SSSR count).